The Hall–Kier alpha value is -3.73. The van der Waals surface area contributed by atoms with Crippen LogP contribution < -0.4 is 4.74 Å². The lowest BCUT2D eigenvalue weighted by Crippen LogP contribution is -2.19. The molecule has 3 rings (SSSR count). The molecule has 0 heterocycles. The molecule has 0 aliphatic heterocycles. The normalized spacial score (nSPS) is 10.5. The van der Waals surface area contributed by atoms with Crippen molar-refractivity contribution in [2.75, 3.05) is 7.11 Å². The molecular formula is C26H24O5. The summed E-state index contributed by atoms with van der Waals surface area (Å²) in [5.74, 6) is -1.98. The molecule has 0 saturated carbocycles. The molecule has 1 N–H and O–H groups in total. The average Bonchev–Trinajstić information content (AvgIpc) is 2.81. The molecule has 0 aromatic heterocycles. The molecule has 0 fully saturated rings. The van der Waals surface area contributed by atoms with E-state index in [1.54, 1.807) is 60.7 Å². The standard InChI is InChI=1S/C26H24O5/c1-3-4-11-19-16-20(26(29)30)21(23(27)17-12-7-5-8-13-17)22(25(19)31-2)24(28)18-14-9-6-10-15-18/h5-10,12-16H,3-4,11H2,1-2H3,(H,29,30). The van der Waals surface area contributed by atoms with Crippen molar-refractivity contribution < 1.29 is 24.2 Å². The summed E-state index contributed by atoms with van der Waals surface area (Å²) in [6.07, 6.45) is 2.22. The number of carboxylic acids is 1. The van der Waals surface area contributed by atoms with Gasteiger partial charge in [-0.2, -0.15) is 0 Å². The number of rotatable bonds is 9. The average molecular weight is 416 g/mol. The molecule has 0 saturated heterocycles. The first-order valence-electron chi connectivity index (χ1n) is 10.2. The third-order valence-electron chi connectivity index (χ3n) is 5.12. The highest BCUT2D eigenvalue weighted by atomic mass is 16.5. The fourth-order valence-corrected chi connectivity index (χ4v) is 3.60. The van der Waals surface area contributed by atoms with Crippen LogP contribution >= 0.6 is 0 Å². The van der Waals surface area contributed by atoms with Crippen molar-refractivity contribution in [2.24, 2.45) is 0 Å². The maximum absolute atomic E-state index is 13.6. The summed E-state index contributed by atoms with van der Waals surface area (Å²) < 4.78 is 5.61. The minimum Gasteiger partial charge on any atom is -0.496 e. The number of aryl methyl sites for hydroxylation is 1. The van der Waals surface area contributed by atoms with Crippen molar-refractivity contribution in [1.82, 2.24) is 0 Å². The summed E-state index contributed by atoms with van der Waals surface area (Å²) >= 11 is 0. The van der Waals surface area contributed by atoms with Crippen LogP contribution in [0.5, 0.6) is 5.75 Å². The molecule has 0 aliphatic carbocycles. The van der Waals surface area contributed by atoms with E-state index < -0.39 is 17.5 Å². The summed E-state index contributed by atoms with van der Waals surface area (Å²) in [6.45, 7) is 2.02. The van der Waals surface area contributed by atoms with Gasteiger partial charge < -0.3 is 9.84 Å². The summed E-state index contributed by atoms with van der Waals surface area (Å²) in [7, 11) is 1.43. The van der Waals surface area contributed by atoms with Gasteiger partial charge in [0, 0.05) is 11.1 Å². The van der Waals surface area contributed by atoms with Crippen LogP contribution in [0.3, 0.4) is 0 Å². The molecule has 0 aliphatic rings. The van der Waals surface area contributed by atoms with Crippen LogP contribution in [0.2, 0.25) is 0 Å². The largest absolute Gasteiger partial charge is 0.496 e. The van der Waals surface area contributed by atoms with E-state index in [0.717, 1.165) is 12.8 Å². The zero-order valence-electron chi connectivity index (χ0n) is 17.6. The van der Waals surface area contributed by atoms with E-state index in [4.69, 9.17) is 4.74 Å². The first-order chi connectivity index (χ1) is 15.0. The zero-order valence-corrected chi connectivity index (χ0v) is 17.6. The second-order valence-electron chi connectivity index (χ2n) is 7.17. The molecule has 158 valence electrons. The van der Waals surface area contributed by atoms with E-state index in [-0.39, 0.29) is 22.4 Å². The van der Waals surface area contributed by atoms with Gasteiger partial charge >= 0.3 is 5.97 Å². The van der Waals surface area contributed by atoms with Crippen LogP contribution in [0.1, 0.15) is 67.5 Å². The van der Waals surface area contributed by atoms with Crippen molar-refractivity contribution in [2.45, 2.75) is 26.2 Å². The molecule has 31 heavy (non-hydrogen) atoms. The Morgan fingerprint density at radius 3 is 1.81 bits per heavy atom. The first kappa shape index (κ1) is 22.0. The van der Waals surface area contributed by atoms with Gasteiger partial charge in [-0.3, -0.25) is 9.59 Å². The quantitative estimate of drug-likeness (QED) is 0.485. The third-order valence-corrected chi connectivity index (χ3v) is 5.12. The number of carbonyl (C=O) groups is 3. The molecule has 3 aromatic carbocycles. The molecular weight excluding hydrogens is 392 g/mol. The molecule has 0 amide bonds. The summed E-state index contributed by atoms with van der Waals surface area (Å²) in [5, 5.41) is 9.95. The maximum Gasteiger partial charge on any atom is 0.336 e. The Kier molecular flexibility index (Phi) is 6.98. The zero-order chi connectivity index (χ0) is 22.4. The smallest absolute Gasteiger partial charge is 0.336 e. The minimum atomic E-state index is -1.26. The summed E-state index contributed by atoms with van der Waals surface area (Å²) in [5.41, 5.74) is 0.909. The van der Waals surface area contributed by atoms with Crippen LogP contribution in [0.15, 0.2) is 66.7 Å². The van der Waals surface area contributed by atoms with Crippen molar-refractivity contribution in [3.8, 4) is 5.75 Å². The van der Waals surface area contributed by atoms with E-state index >= 15 is 0 Å². The third kappa shape index (κ3) is 4.56. The van der Waals surface area contributed by atoms with Crippen molar-refractivity contribution in [3.05, 3.63) is 100 Å². The Labute approximate surface area is 181 Å². The van der Waals surface area contributed by atoms with Gasteiger partial charge in [-0.05, 0) is 24.5 Å². The Balaban J connectivity index is 2.36. The topological polar surface area (TPSA) is 80.7 Å². The highest BCUT2D eigenvalue weighted by molar-refractivity contribution is 6.24. The Morgan fingerprint density at radius 2 is 1.35 bits per heavy atom. The van der Waals surface area contributed by atoms with Gasteiger partial charge in [-0.25, -0.2) is 4.79 Å². The second-order valence-corrected chi connectivity index (χ2v) is 7.17. The van der Waals surface area contributed by atoms with Crippen LogP contribution in [0, 0.1) is 0 Å². The van der Waals surface area contributed by atoms with E-state index in [0.29, 0.717) is 23.1 Å². The maximum atomic E-state index is 13.6. The molecule has 0 atom stereocenters. The van der Waals surface area contributed by atoms with E-state index in [2.05, 4.69) is 0 Å². The Bertz CT molecular complexity index is 1100. The number of ketones is 2. The fraction of sp³-hybridized carbons (Fsp3) is 0.192. The molecule has 0 radical (unpaired) electrons. The number of carboxylic acid groups (broad SMARTS) is 1. The van der Waals surface area contributed by atoms with Gasteiger partial charge in [-0.15, -0.1) is 0 Å². The number of hydrogen-bond acceptors (Lipinski definition) is 4. The van der Waals surface area contributed by atoms with E-state index in [9.17, 15) is 19.5 Å². The lowest BCUT2D eigenvalue weighted by Gasteiger charge is -2.19. The minimum absolute atomic E-state index is 0.00597. The predicted molar refractivity (Wildman–Crippen MR) is 118 cm³/mol. The summed E-state index contributed by atoms with van der Waals surface area (Å²) in [4.78, 5) is 39.2. The van der Waals surface area contributed by atoms with Gasteiger partial charge in [0.2, 0.25) is 0 Å². The number of methoxy groups -OCH3 is 1. The van der Waals surface area contributed by atoms with Crippen molar-refractivity contribution >= 4 is 17.5 Å². The molecule has 5 nitrogen and oxygen atoms in total. The van der Waals surface area contributed by atoms with E-state index in [1.807, 2.05) is 6.92 Å². The van der Waals surface area contributed by atoms with Crippen molar-refractivity contribution in [1.29, 1.82) is 0 Å². The highest BCUT2D eigenvalue weighted by Gasteiger charge is 2.31. The first-order valence-corrected chi connectivity index (χ1v) is 10.2. The number of aromatic carboxylic acids is 1. The number of carbonyl (C=O) groups excluding carboxylic acids is 2. The Morgan fingerprint density at radius 1 is 0.839 bits per heavy atom. The van der Waals surface area contributed by atoms with Gasteiger partial charge in [0.25, 0.3) is 0 Å². The monoisotopic (exact) mass is 416 g/mol. The molecule has 0 unspecified atom stereocenters. The number of unbranched alkanes of at least 4 members (excludes halogenated alkanes) is 1. The van der Waals surface area contributed by atoms with Crippen LogP contribution in [-0.4, -0.2) is 29.8 Å². The van der Waals surface area contributed by atoms with Gasteiger partial charge in [-0.1, -0.05) is 74.0 Å². The molecule has 5 heteroatoms. The predicted octanol–water partition coefficient (Wildman–Crippen LogP) is 5.20. The van der Waals surface area contributed by atoms with Crippen LogP contribution in [0.25, 0.3) is 0 Å². The molecule has 0 bridgehead atoms. The van der Waals surface area contributed by atoms with Crippen LogP contribution in [0.4, 0.5) is 0 Å². The molecule has 0 spiro atoms. The SMILES string of the molecule is CCCCc1cc(C(=O)O)c(C(=O)c2ccccc2)c(C(=O)c2ccccc2)c1OC. The number of benzene rings is 3. The fourth-order valence-electron chi connectivity index (χ4n) is 3.60. The lowest BCUT2D eigenvalue weighted by atomic mass is 9.86. The van der Waals surface area contributed by atoms with Gasteiger partial charge in [0.1, 0.15) is 5.75 Å². The van der Waals surface area contributed by atoms with Crippen molar-refractivity contribution in [3.63, 3.8) is 0 Å². The van der Waals surface area contributed by atoms with Crippen LogP contribution in [-0.2, 0) is 6.42 Å². The number of ether oxygens (including phenoxy) is 1. The summed E-state index contributed by atoms with van der Waals surface area (Å²) in [6, 6.07) is 18.3. The number of hydrogen-bond donors (Lipinski definition) is 1. The highest BCUT2D eigenvalue weighted by Crippen LogP contribution is 2.35. The lowest BCUT2D eigenvalue weighted by molar-refractivity contribution is 0.0692. The second kappa shape index (κ2) is 9.85. The van der Waals surface area contributed by atoms with E-state index in [1.165, 1.54) is 13.2 Å². The van der Waals surface area contributed by atoms with Gasteiger partial charge in [0.15, 0.2) is 11.6 Å². The van der Waals surface area contributed by atoms with Gasteiger partial charge in [0.05, 0.1) is 23.8 Å². The molecule has 3 aromatic rings.